The van der Waals surface area contributed by atoms with Crippen LogP contribution < -0.4 is 5.73 Å². The average Bonchev–Trinajstić information content (AvgIpc) is 1.60. The predicted octanol–water partition coefficient (Wildman–Crippen LogP) is 1.13. The maximum Gasteiger partial charge on any atom is 0.00450 e. The van der Waals surface area contributed by atoms with Crippen LogP contribution >= 0.6 is 24.8 Å². The first-order chi connectivity index (χ1) is 4.18. The number of hydrogen-bond acceptors (Lipinski definition) is 2. The first kappa shape index (κ1) is 14.0. The fourth-order valence-corrected chi connectivity index (χ4v) is 1.45. The first-order valence-electron chi connectivity index (χ1n) is 3.59. The molecule has 0 amide bonds. The molecule has 0 aromatic rings. The van der Waals surface area contributed by atoms with E-state index in [9.17, 15) is 0 Å². The van der Waals surface area contributed by atoms with E-state index in [-0.39, 0.29) is 24.8 Å². The van der Waals surface area contributed by atoms with E-state index in [2.05, 4.69) is 19.0 Å². The highest BCUT2D eigenvalue weighted by Crippen LogP contribution is 2.25. The van der Waals surface area contributed by atoms with Crippen molar-refractivity contribution in [1.82, 2.24) is 4.90 Å². The van der Waals surface area contributed by atoms with Gasteiger partial charge in [0, 0.05) is 12.6 Å². The van der Waals surface area contributed by atoms with Gasteiger partial charge in [-0.15, -0.1) is 24.8 Å². The molecule has 70 valence electrons. The van der Waals surface area contributed by atoms with Crippen LogP contribution in [0.5, 0.6) is 0 Å². The highest BCUT2D eigenvalue weighted by molar-refractivity contribution is 5.85. The minimum absolute atomic E-state index is 0. The molecule has 1 rings (SSSR count). The lowest BCUT2D eigenvalue weighted by atomic mass is 9.81. The second-order valence-electron chi connectivity index (χ2n) is 3.36. The highest BCUT2D eigenvalue weighted by atomic mass is 35.5. The van der Waals surface area contributed by atoms with Crippen LogP contribution in [0.4, 0.5) is 0 Å². The first-order valence-corrected chi connectivity index (χ1v) is 3.59. The summed E-state index contributed by atoms with van der Waals surface area (Å²) < 4.78 is 0. The Morgan fingerprint density at radius 1 is 1.27 bits per heavy atom. The minimum Gasteiger partial charge on any atom is -0.328 e. The van der Waals surface area contributed by atoms with Gasteiger partial charge in [0.25, 0.3) is 0 Å². The van der Waals surface area contributed by atoms with E-state index >= 15 is 0 Å². The Labute approximate surface area is 81.3 Å². The van der Waals surface area contributed by atoms with Crippen molar-refractivity contribution in [1.29, 1.82) is 0 Å². The molecule has 0 aromatic carbocycles. The zero-order valence-corrected chi connectivity index (χ0v) is 8.75. The van der Waals surface area contributed by atoms with Crippen LogP contribution in [0, 0.1) is 5.92 Å². The van der Waals surface area contributed by atoms with Crippen LogP contribution in [0.3, 0.4) is 0 Å². The molecule has 0 saturated heterocycles. The lowest BCUT2D eigenvalue weighted by Crippen LogP contribution is -2.40. The number of rotatable bonds is 2. The van der Waals surface area contributed by atoms with Crippen LogP contribution in [-0.2, 0) is 0 Å². The Morgan fingerprint density at radius 3 is 2.00 bits per heavy atom. The van der Waals surface area contributed by atoms with Crippen LogP contribution in [0.1, 0.15) is 12.8 Å². The number of hydrogen-bond donors (Lipinski definition) is 1. The van der Waals surface area contributed by atoms with Crippen LogP contribution in [0.15, 0.2) is 0 Å². The van der Waals surface area contributed by atoms with Crippen molar-refractivity contribution >= 4 is 24.8 Å². The summed E-state index contributed by atoms with van der Waals surface area (Å²) in [6, 6.07) is 0.509. The molecule has 0 unspecified atom stereocenters. The third-order valence-corrected chi connectivity index (χ3v) is 1.90. The summed E-state index contributed by atoms with van der Waals surface area (Å²) >= 11 is 0. The van der Waals surface area contributed by atoms with E-state index in [1.165, 1.54) is 19.4 Å². The Morgan fingerprint density at radius 2 is 1.73 bits per heavy atom. The van der Waals surface area contributed by atoms with Gasteiger partial charge in [-0.1, -0.05) is 0 Å². The summed E-state index contributed by atoms with van der Waals surface area (Å²) in [4.78, 5) is 2.23. The zero-order valence-electron chi connectivity index (χ0n) is 7.12. The van der Waals surface area contributed by atoms with E-state index in [1.807, 2.05) is 0 Å². The second-order valence-corrected chi connectivity index (χ2v) is 3.36. The molecule has 0 aromatic heterocycles. The van der Waals surface area contributed by atoms with E-state index < -0.39 is 0 Å². The van der Waals surface area contributed by atoms with E-state index in [0.29, 0.717) is 6.04 Å². The summed E-state index contributed by atoms with van der Waals surface area (Å²) in [5.41, 5.74) is 5.63. The van der Waals surface area contributed by atoms with Gasteiger partial charge in [-0.05, 0) is 32.9 Å². The summed E-state index contributed by atoms with van der Waals surface area (Å²) in [5, 5.41) is 0. The van der Waals surface area contributed by atoms with Crippen molar-refractivity contribution in [3.63, 3.8) is 0 Å². The minimum atomic E-state index is 0. The average molecular weight is 201 g/mol. The molecule has 2 N–H and O–H groups in total. The summed E-state index contributed by atoms with van der Waals surface area (Å²) in [5.74, 6) is 0.884. The Bertz CT molecular complexity index is 92.4. The molecule has 1 fully saturated rings. The molecule has 1 aliphatic carbocycles. The van der Waals surface area contributed by atoms with Gasteiger partial charge in [0.15, 0.2) is 0 Å². The molecular weight excluding hydrogens is 183 g/mol. The third-order valence-electron chi connectivity index (χ3n) is 1.90. The van der Waals surface area contributed by atoms with Crippen molar-refractivity contribution in [2.45, 2.75) is 18.9 Å². The maximum atomic E-state index is 5.63. The molecule has 0 bridgehead atoms. The fraction of sp³-hybridized carbons (Fsp3) is 1.00. The Hall–Kier alpha value is 0.500. The van der Waals surface area contributed by atoms with Gasteiger partial charge >= 0.3 is 0 Å². The van der Waals surface area contributed by atoms with Crippen molar-refractivity contribution in [3.05, 3.63) is 0 Å². The molecule has 1 saturated carbocycles. The summed E-state index contributed by atoms with van der Waals surface area (Å²) in [7, 11) is 4.23. The SMILES string of the molecule is CN(C)CC1CC(N)C1.Cl.Cl. The van der Waals surface area contributed by atoms with E-state index in [1.54, 1.807) is 0 Å². The van der Waals surface area contributed by atoms with Gasteiger partial charge in [-0.25, -0.2) is 0 Å². The molecule has 0 heterocycles. The van der Waals surface area contributed by atoms with Crippen LogP contribution in [0.25, 0.3) is 0 Å². The standard InChI is InChI=1S/C7H16N2.2ClH/c1-9(2)5-6-3-7(8)4-6;;/h6-7H,3-5,8H2,1-2H3;2*1H. The van der Waals surface area contributed by atoms with Crippen LogP contribution in [-0.4, -0.2) is 31.6 Å². The molecule has 1 aliphatic rings. The van der Waals surface area contributed by atoms with Crippen molar-refractivity contribution in [2.75, 3.05) is 20.6 Å². The molecule has 0 radical (unpaired) electrons. The zero-order chi connectivity index (χ0) is 6.85. The van der Waals surface area contributed by atoms with Gasteiger partial charge in [0.1, 0.15) is 0 Å². The Kier molecular flexibility index (Phi) is 7.75. The van der Waals surface area contributed by atoms with Gasteiger partial charge < -0.3 is 10.6 Å². The third kappa shape index (κ3) is 4.86. The van der Waals surface area contributed by atoms with Crippen molar-refractivity contribution < 1.29 is 0 Å². The van der Waals surface area contributed by atoms with Crippen molar-refractivity contribution in [3.8, 4) is 0 Å². The smallest absolute Gasteiger partial charge is 0.00450 e. The molecule has 2 nitrogen and oxygen atoms in total. The molecule has 4 heteroatoms. The van der Waals surface area contributed by atoms with Gasteiger partial charge in [0.2, 0.25) is 0 Å². The molecule has 11 heavy (non-hydrogen) atoms. The van der Waals surface area contributed by atoms with Gasteiger partial charge in [-0.2, -0.15) is 0 Å². The van der Waals surface area contributed by atoms with E-state index in [0.717, 1.165) is 5.92 Å². The molecular formula is C7H18Cl2N2. The fourth-order valence-electron chi connectivity index (χ4n) is 1.45. The second kappa shape index (κ2) is 6.06. The molecule has 0 spiro atoms. The largest absolute Gasteiger partial charge is 0.328 e. The number of nitrogens with zero attached hydrogens (tertiary/aromatic N) is 1. The quantitative estimate of drug-likeness (QED) is 0.725. The predicted molar refractivity (Wildman–Crippen MR) is 53.7 cm³/mol. The number of nitrogens with two attached hydrogens (primary N) is 1. The normalized spacial score (nSPS) is 28.4. The lowest BCUT2D eigenvalue weighted by molar-refractivity contribution is 0.202. The highest BCUT2D eigenvalue weighted by Gasteiger charge is 2.25. The number of halogens is 2. The summed E-state index contributed by atoms with van der Waals surface area (Å²) in [6.45, 7) is 1.22. The van der Waals surface area contributed by atoms with Crippen LogP contribution in [0.2, 0.25) is 0 Å². The lowest BCUT2D eigenvalue weighted by Gasteiger charge is -2.34. The van der Waals surface area contributed by atoms with E-state index in [4.69, 9.17) is 5.73 Å². The van der Waals surface area contributed by atoms with Crippen molar-refractivity contribution in [2.24, 2.45) is 11.7 Å². The van der Waals surface area contributed by atoms with Gasteiger partial charge in [0.05, 0.1) is 0 Å². The Balaban J connectivity index is 0. The van der Waals surface area contributed by atoms with Gasteiger partial charge in [-0.3, -0.25) is 0 Å². The monoisotopic (exact) mass is 200 g/mol. The summed E-state index contributed by atoms with van der Waals surface area (Å²) in [6.07, 6.45) is 2.47. The molecule has 0 aliphatic heterocycles. The topological polar surface area (TPSA) is 29.3 Å². The molecule has 0 atom stereocenters. The maximum absolute atomic E-state index is 5.63.